The first kappa shape index (κ1) is 24.5. The van der Waals surface area contributed by atoms with Crippen molar-refractivity contribution in [1.82, 2.24) is 15.1 Å². The molecule has 0 unspecified atom stereocenters. The predicted octanol–water partition coefficient (Wildman–Crippen LogP) is 2.86. The normalized spacial score (nSPS) is 17.4. The zero-order chi connectivity index (χ0) is 25.2. The van der Waals surface area contributed by atoms with Crippen LogP contribution in [0.3, 0.4) is 0 Å². The molecular formula is C23H26N4O7S. The Morgan fingerprint density at radius 2 is 1.89 bits per heavy atom. The SMILES string of the molecule is CCNC(=O)Nc1sc2ccccc2c1C(=O)N1CCC2(CC1)CC(=O)N(CCC(=O)O)C(=O)O2. The molecule has 0 saturated carbocycles. The number of nitrogens with one attached hydrogen (secondary N) is 2. The average molecular weight is 503 g/mol. The average Bonchev–Trinajstić information content (AvgIpc) is 3.16. The molecule has 2 aliphatic heterocycles. The van der Waals surface area contributed by atoms with Crippen LogP contribution < -0.4 is 10.6 Å². The highest BCUT2D eigenvalue weighted by atomic mass is 32.1. The van der Waals surface area contributed by atoms with Crippen molar-refractivity contribution in [3.05, 3.63) is 29.8 Å². The summed E-state index contributed by atoms with van der Waals surface area (Å²) in [6.45, 7) is 2.53. The van der Waals surface area contributed by atoms with Gasteiger partial charge in [0.2, 0.25) is 5.91 Å². The summed E-state index contributed by atoms with van der Waals surface area (Å²) < 4.78 is 6.46. The monoisotopic (exact) mass is 502 g/mol. The molecule has 5 amide bonds. The van der Waals surface area contributed by atoms with Gasteiger partial charge in [-0.05, 0) is 13.0 Å². The van der Waals surface area contributed by atoms with Crippen LogP contribution in [0.5, 0.6) is 0 Å². The van der Waals surface area contributed by atoms with Gasteiger partial charge in [0, 0.05) is 49.1 Å². The quantitative estimate of drug-likeness (QED) is 0.551. The Morgan fingerprint density at radius 1 is 1.17 bits per heavy atom. The minimum absolute atomic E-state index is 0.0498. The minimum atomic E-state index is -1.11. The number of carbonyl (C=O) groups excluding carboxylic acids is 4. The van der Waals surface area contributed by atoms with Crippen LogP contribution in [-0.4, -0.2) is 76.6 Å². The first-order valence-electron chi connectivity index (χ1n) is 11.3. The lowest BCUT2D eigenvalue weighted by atomic mass is 9.86. The lowest BCUT2D eigenvalue weighted by molar-refractivity contribution is -0.148. The second kappa shape index (κ2) is 9.90. The molecular weight excluding hydrogens is 476 g/mol. The van der Waals surface area contributed by atoms with E-state index in [1.807, 2.05) is 24.3 Å². The number of ether oxygens (including phenoxy) is 1. The summed E-state index contributed by atoms with van der Waals surface area (Å²) in [6.07, 6.45) is -0.684. The number of carboxylic acids is 1. The standard InChI is InChI=1S/C23H26N4O7S/c1-2-24-21(32)25-19-18(14-5-3-4-6-15(14)35-19)20(31)26-11-8-23(9-12-26)13-16(28)27(22(33)34-23)10-7-17(29)30/h3-6H,2,7-13H2,1H3,(H,29,30)(H2,24,25,32). The van der Waals surface area contributed by atoms with E-state index in [0.717, 1.165) is 15.0 Å². The molecule has 35 heavy (non-hydrogen) atoms. The summed E-state index contributed by atoms with van der Waals surface area (Å²) in [5.41, 5.74) is -0.604. The van der Waals surface area contributed by atoms with Crippen LogP contribution in [0, 0.1) is 0 Å². The van der Waals surface area contributed by atoms with Crippen LogP contribution in [0.1, 0.15) is 43.0 Å². The third-order valence-electron chi connectivity index (χ3n) is 6.18. The molecule has 2 saturated heterocycles. The Morgan fingerprint density at radius 3 is 2.54 bits per heavy atom. The van der Waals surface area contributed by atoms with E-state index >= 15 is 0 Å². The van der Waals surface area contributed by atoms with Gasteiger partial charge in [-0.2, -0.15) is 0 Å². The lowest BCUT2D eigenvalue weighted by Gasteiger charge is -2.44. The number of urea groups is 1. The molecule has 0 bridgehead atoms. The third-order valence-corrected chi connectivity index (χ3v) is 7.27. The number of piperidine rings is 1. The van der Waals surface area contributed by atoms with Crippen LogP contribution in [0.15, 0.2) is 24.3 Å². The second-order valence-corrected chi connectivity index (χ2v) is 9.55. The Labute approximate surface area is 205 Å². The highest BCUT2D eigenvalue weighted by Gasteiger charge is 2.48. The van der Waals surface area contributed by atoms with E-state index in [4.69, 9.17) is 9.84 Å². The van der Waals surface area contributed by atoms with E-state index in [9.17, 15) is 24.0 Å². The summed E-state index contributed by atoms with van der Waals surface area (Å²) in [5.74, 6) is -1.83. The van der Waals surface area contributed by atoms with E-state index in [1.54, 1.807) is 11.8 Å². The summed E-state index contributed by atoms with van der Waals surface area (Å²) in [7, 11) is 0. The van der Waals surface area contributed by atoms with E-state index in [-0.39, 0.29) is 51.2 Å². The van der Waals surface area contributed by atoms with Gasteiger partial charge in [-0.1, -0.05) is 18.2 Å². The Bertz CT molecular complexity index is 1170. The number of nitrogens with zero attached hydrogens (tertiary/aromatic N) is 2. The van der Waals surface area contributed by atoms with Gasteiger partial charge in [-0.25, -0.2) is 14.5 Å². The number of likely N-dealkylation sites (tertiary alicyclic amines) is 1. The number of anilines is 1. The van der Waals surface area contributed by atoms with Crippen molar-refractivity contribution >= 4 is 56.3 Å². The maximum atomic E-state index is 13.6. The van der Waals surface area contributed by atoms with Gasteiger partial charge in [0.1, 0.15) is 10.6 Å². The minimum Gasteiger partial charge on any atom is -0.481 e. The largest absolute Gasteiger partial charge is 0.481 e. The van der Waals surface area contributed by atoms with Crippen LogP contribution >= 0.6 is 11.3 Å². The van der Waals surface area contributed by atoms with E-state index < -0.39 is 29.6 Å². The molecule has 0 radical (unpaired) electrons. The van der Waals surface area contributed by atoms with E-state index in [2.05, 4.69) is 10.6 Å². The maximum absolute atomic E-state index is 13.6. The molecule has 186 valence electrons. The van der Waals surface area contributed by atoms with Crippen molar-refractivity contribution in [3.8, 4) is 0 Å². The maximum Gasteiger partial charge on any atom is 0.417 e. The summed E-state index contributed by atoms with van der Waals surface area (Å²) in [4.78, 5) is 63.9. The first-order chi connectivity index (χ1) is 16.7. The highest BCUT2D eigenvalue weighted by Crippen LogP contribution is 2.39. The number of hydrogen-bond donors (Lipinski definition) is 3. The predicted molar refractivity (Wildman–Crippen MR) is 127 cm³/mol. The zero-order valence-corrected chi connectivity index (χ0v) is 20.0. The highest BCUT2D eigenvalue weighted by molar-refractivity contribution is 7.23. The van der Waals surface area contributed by atoms with Crippen LogP contribution in [0.25, 0.3) is 10.1 Å². The van der Waals surface area contributed by atoms with Crippen molar-refractivity contribution in [1.29, 1.82) is 0 Å². The van der Waals surface area contributed by atoms with Crippen molar-refractivity contribution < 1.29 is 33.8 Å². The number of thiophene rings is 1. The molecule has 0 aliphatic carbocycles. The van der Waals surface area contributed by atoms with E-state index in [1.165, 1.54) is 11.3 Å². The number of carboxylic acid groups (broad SMARTS) is 1. The van der Waals surface area contributed by atoms with Gasteiger partial charge in [0.15, 0.2) is 0 Å². The Balaban J connectivity index is 1.48. The molecule has 1 aromatic heterocycles. The molecule has 2 aliphatic rings. The van der Waals surface area contributed by atoms with Crippen molar-refractivity contribution in [2.75, 3.05) is 31.5 Å². The van der Waals surface area contributed by atoms with E-state index in [0.29, 0.717) is 17.1 Å². The summed E-state index contributed by atoms with van der Waals surface area (Å²) in [5, 5.41) is 15.5. The molecule has 2 fully saturated rings. The second-order valence-electron chi connectivity index (χ2n) is 8.50. The van der Waals surface area contributed by atoms with Crippen molar-refractivity contribution in [2.45, 2.75) is 38.2 Å². The fourth-order valence-corrected chi connectivity index (χ4v) is 5.47. The Kier molecular flexibility index (Phi) is 6.92. The Hall–Kier alpha value is -3.67. The van der Waals surface area contributed by atoms with Crippen LogP contribution in [0.2, 0.25) is 0 Å². The third kappa shape index (κ3) is 5.06. The molecule has 4 rings (SSSR count). The molecule has 2 aromatic rings. The first-order valence-corrected chi connectivity index (χ1v) is 12.2. The van der Waals surface area contributed by atoms with Gasteiger partial charge >= 0.3 is 18.1 Å². The van der Waals surface area contributed by atoms with Gasteiger partial charge in [0.05, 0.1) is 18.4 Å². The molecule has 1 spiro atoms. The van der Waals surface area contributed by atoms with Gasteiger partial charge in [-0.3, -0.25) is 19.7 Å². The van der Waals surface area contributed by atoms with Crippen LogP contribution in [0.4, 0.5) is 14.6 Å². The summed E-state index contributed by atoms with van der Waals surface area (Å²) in [6, 6.07) is 7.01. The molecule has 12 heteroatoms. The molecule has 3 N–H and O–H groups in total. The zero-order valence-electron chi connectivity index (χ0n) is 19.2. The number of carbonyl (C=O) groups is 5. The molecule has 3 heterocycles. The summed E-state index contributed by atoms with van der Waals surface area (Å²) >= 11 is 1.32. The van der Waals surface area contributed by atoms with Crippen LogP contribution in [-0.2, 0) is 14.3 Å². The van der Waals surface area contributed by atoms with Crippen molar-refractivity contribution in [3.63, 3.8) is 0 Å². The van der Waals surface area contributed by atoms with Crippen molar-refractivity contribution in [2.24, 2.45) is 0 Å². The lowest BCUT2D eigenvalue weighted by Crippen LogP contribution is -2.57. The number of imide groups is 1. The molecule has 0 atom stereocenters. The van der Waals surface area contributed by atoms with Gasteiger partial charge in [0.25, 0.3) is 5.91 Å². The fourth-order valence-electron chi connectivity index (χ4n) is 4.38. The van der Waals surface area contributed by atoms with Gasteiger partial charge < -0.3 is 20.1 Å². The topological polar surface area (TPSA) is 145 Å². The number of benzene rings is 1. The molecule has 1 aromatic carbocycles. The fraction of sp³-hybridized carbons (Fsp3) is 0.435. The molecule has 11 nitrogen and oxygen atoms in total. The van der Waals surface area contributed by atoms with Gasteiger partial charge in [-0.15, -0.1) is 11.3 Å². The number of amides is 5. The number of fused-ring (bicyclic) bond motifs is 1. The number of hydrogen-bond acceptors (Lipinski definition) is 7. The number of aliphatic carboxylic acids is 1. The smallest absolute Gasteiger partial charge is 0.417 e. The number of rotatable bonds is 6.